The second-order valence-corrected chi connectivity index (χ2v) is 5.26. The van der Waals surface area contributed by atoms with Gasteiger partial charge in [0, 0.05) is 24.4 Å². The van der Waals surface area contributed by atoms with Crippen LogP contribution in [0, 0.1) is 11.2 Å². The molecule has 3 N–H and O–H groups in total. The molecule has 0 atom stereocenters. The maximum Gasteiger partial charge on any atom is 0.147 e. The van der Waals surface area contributed by atoms with E-state index in [-0.39, 0.29) is 11.7 Å². The number of nitrogens with zero attached hydrogens (tertiary/aromatic N) is 1. The Morgan fingerprint density at radius 2 is 2.18 bits per heavy atom. The highest BCUT2D eigenvalue weighted by Gasteiger charge is 2.14. The number of nitrogens with one attached hydrogen (secondary N) is 1. The fourth-order valence-electron chi connectivity index (χ4n) is 1.92. The normalized spacial score (nSPS) is 16.6. The van der Waals surface area contributed by atoms with E-state index in [9.17, 15) is 4.39 Å². The van der Waals surface area contributed by atoms with E-state index in [0.29, 0.717) is 11.3 Å². The van der Waals surface area contributed by atoms with Crippen molar-refractivity contribution in [2.24, 2.45) is 5.73 Å². The quantitative estimate of drug-likeness (QED) is 0.626. The van der Waals surface area contributed by atoms with Crippen molar-refractivity contribution in [3.63, 3.8) is 0 Å². The van der Waals surface area contributed by atoms with Gasteiger partial charge in [-0.25, -0.2) is 4.39 Å². The van der Waals surface area contributed by atoms with Crippen LogP contribution >= 0.6 is 11.8 Å². The monoisotopic (exact) mass is 253 g/mol. The molecule has 1 aliphatic rings. The summed E-state index contributed by atoms with van der Waals surface area (Å²) in [7, 11) is 0. The highest BCUT2D eigenvalue weighted by atomic mass is 32.2. The van der Waals surface area contributed by atoms with Crippen LogP contribution in [0.4, 0.5) is 10.1 Å². The zero-order valence-electron chi connectivity index (χ0n) is 9.58. The number of rotatable bonds is 2. The van der Waals surface area contributed by atoms with Gasteiger partial charge in [-0.3, -0.25) is 5.41 Å². The number of nitrogens with two attached hydrogens (primary N) is 1. The summed E-state index contributed by atoms with van der Waals surface area (Å²) in [4.78, 5) is 2.07. The summed E-state index contributed by atoms with van der Waals surface area (Å²) < 4.78 is 13.9. The number of nitrogen functional groups attached to an aromatic ring is 1. The molecule has 0 bridgehead atoms. The maximum atomic E-state index is 13.9. The molecule has 17 heavy (non-hydrogen) atoms. The summed E-state index contributed by atoms with van der Waals surface area (Å²) in [6, 6.07) is 4.77. The van der Waals surface area contributed by atoms with Gasteiger partial charge in [-0.2, -0.15) is 11.8 Å². The molecule has 0 amide bonds. The Balaban J connectivity index is 2.22. The Hall–Kier alpha value is -1.23. The van der Waals surface area contributed by atoms with Gasteiger partial charge in [0.2, 0.25) is 0 Å². The van der Waals surface area contributed by atoms with Crippen molar-refractivity contribution >= 4 is 23.3 Å². The highest BCUT2D eigenvalue weighted by molar-refractivity contribution is 7.99. The number of halogens is 1. The van der Waals surface area contributed by atoms with E-state index in [1.54, 1.807) is 12.1 Å². The first-order valence-electron chi connectivity index (χ1n) is 5.65. The summed E-state index contributed by atoms with van der Waals surface area (Å²) >= 11 is 1.91. The first-order valence-corrected chi connectivity index (χ1v) is 6.80. The molecule has 1 saturated heterocycles. The number of amidine groups is 1. The van der Waals surface area contributed by atoms with Crippen LogP contribution in [0.15, 0.2) is 18.2 Å². The third-order valence-electron chi connectivity index (χ3n) is 2.82. The molecule has 0 spiro atoms. The predicted molar refractivity (Wildman–Crippen MR) is 71.6 cm³/mol. The minimum absolute atomic E-state index is 0.0955. The van der Waals surface area contributed by atoms with Gasteiger partial charge in [-0.05, 0) is 30.4 Å². The number of hydrogen-bond acceptors (Lipinski definition) is 3. The molecule has 0 aromatic heterocycles. The Labute approximate surface area is 105 Å². The Bertz CT molecular complexity index is 414. The van der Waals surface area contributed by atoms with Gasteiger partial charge in [0.05, 0.1) is 5.69 Å². The second kappa shape index (κ2) is 5.40. The van der Waals surface area contributed by atoms with Crippen molar-refractivity contribution < 1.29 is 4.39 Å². The van der Waals surface area contributed by atoms with Crippen LogP contribution in [0.25, 0.3) is 0 Å². The van der Waals surface area contributed by atoms with E-state index in [2.05, 4.69) is 4.90 Å². The van der Waals surface area contributed by atoms with Crippen molar-refractivity contribution in [3.8, 4) is 0 Å². The molecule has 0 aliphatic carbocycles. The van der Waals surface area contributed by atoms with Crippen LogP contribution in [-0.2, 0) is 0 Å². The zero-order chi connectivity index (χ0) is 12.3. The fraction of sp³-hybridized carbons (Fsp3) is 0.417. The molecule has 1 aliphatic heterocycles. The molecule has 1 fully saturated rings. The number of thioether (sulfide) groups is 1. The van der Waals surface area contributed by atoms with Crippen LogP contribution in [0.1, 0.15) is 12.0 Å². The lowest BCUT2D eigenvalue weighted by molar-refractivity contribution is 0.618. The molecule has 0 unspecified atom stereocenters. The van der Waals surface area contributed by atoms with E-state index >= 15 is 0 Å². The summed E-state index contributed by atoms with van der Waals surface area (Å²) in [5.74, 6) is 1.80. The summed E-state index contributed by atoms with van der Waals surface area (Å²) in [5.41, 5.74) is 6.40. The molecule has 1 aromatic rings. The van der Waals surface area contributed by atoms with Crippen LogP contribution in [0.5, 0.6) is 0 Å². The van der Waals surface area contributed by atoms with Gasteiger partial charge in [0.15, 0.2) is 0 Å². The topological polar surface area (TPSA) is 53.1 Å². The lowest BCUT2D eigenvalue weighted by atomic mass is 10.1. The maximum absolute atomic E-state index is 13.9. The molecule has 0 saturated carbocycles. The van der Waals surface area contributed by atoms with Crippen LogP contribution in [0.2, 0.25) is 0 Å². The lowest BCUT2D eigenvalue weighted by Crippen LogP contribution is -2.26. The third kappa shape index (κ3) is 2.91. The highest BCUT2D eigenvalue weighted by Crippen LogP contribution is 2.23. The Kier molecular flexibility index (Phi) is 3.89. The Morgan fingerprint density at radius 1 is 1.35 bits per heavy atom. The van der Waals surface area contributed by atoms with E-state index in [1.807, 2.05) is 11.8 Å². The van der Waals surface area contributed by atoms with Gasteiger partial charge in [-0.1, -0.05) is 0 Å². The van der Waals surface area contributed by atoms with Crippen LogP contribution in [0.3, 0.4) is 0 Å². The number of benzene rings is 1. The molecule has 5 heteroatoms. The summed E-state index contributed by atoms with van der Waals surface area (Å²) in [6.45, 7) is 1.77. The van der Waals surface area contributed by atoms with E-state index in [0.717, 1.165) is 31.0 Å². The average Bonchev–Trinajstić information content (AvgIpc) is 2.57. The van der Waals surface area contributed by atoms with Gasteiger partial charge in [0.25, 0.3) is 0 Å². The SMILES string of the molecule is N=C(N)c1ccc(N2CCCSCC2)c(F)c1. The minimum atomic E-state index is -0.287. The first-order chi connectivity index (χ1) is 8.18. The Morgan fingerprint density at radius 3 is 2.88 bits per heavy atom. The number of anilines is 1. The van der Waals surface area contributed by atoms with E-state index < -0.39 is 0 Å². The van der Waals surface area contributed by atoms with Gasteiger partial charge < -0.3 is 10.6 Å². The molecule has 1 aromatic carbocycles. The molecule has 3 nitrogen and oxygen atoms in total. The van der Waals surface area contributed by atoms with Crippen molar-refractivity contribution in [1.82, 2.24) is 0 Å². The van der Waals surface area contributed by atoms with Crippen molar-refractivity contribution in [2.75, 3.05) is 29.5 Å². The van der Waals surface area contributed by atoms with Crippen LogP contribution < -0.4 is 10.6 Å². The zero-order valence-corrected chi connectivity index (χ0v) is 10.4. The average molecular weight is 253 g/mol. The predicted octanol–water partition coefficient (Wildman–Crippen LogP) is 2.05. The van der Waals surface area contributed by atoms with Crippen molar-refractivity contribution in [3.05, 3.63) is 29.6 Å². The standard InChI is InChI=1S/C12H16FN3S/c13-10-8-9(12(14)15)2-3-11(10)16-4-1-6-17-7-5-16/h2-3,8H,1,4-7H2,(H3,14,15). The van der Waals surface area contributed by atoms with E-state index in [1.165, 1.54) is 6.07 Å². The summed E-state index contributed by atoms with van der Waals surface area (Å²) in [6.07, 6.45) is 1.08. The van der Waals surface area contributed by atoms with E-state index in [4.69, 9.17) is 11.1 Å². The van der Waals surface area contributed by atoms with Crippen molar-refractivity contribution in [2.45, 2.75) is 6.42 Å². The molecule has 92 valence electrons. The molecular formula is C12H16FN3S. The fourth-order valence-corrected chi connectivity index (χ4v) is 2.80. The molecular weight excluding hydrogens is 237 g/mol. The van der Waals surface area contributed by atoms with Gasteiger partial charge in [-0.15, -0.1) is 0 Å². The number of hydrogen-bond donors (Lipinski definition) is 2. The van der Waals surface area contributed by atoms with Crippen molar-refractivity contribution in [1.29, 1.82) is 5.41 Å². The van der Waals surface area contributed by atoms with Gasteiger partial charge in [0.1, 0.15) is 11.7 Å². The third-order valence-corrected chi connectivity index (χ3v) is 3.87. The van der Waals surface area contributed by atoms with Gasteiger partial charge >= 0.3 is 0 Å². The summed E-state index contributed by atoms with van der Waals surface area (Å²) in [5, 5.41) is 7.28. The van der Waals surface area contributed by atoms with Crippen LogP contribution in [-0.4, -0.2) is 30.4 Å². The molecule has 1 heterocycles. The second-order valence-electron chi connectivity index (χ2n) is 4.03. The lowest BCUT2D eigenvalue weighted by Gasteiger charge is -2.23. The largest absolute Gasteiger partial charge is 0.384 e. The smallest absolute Gasteiger partial charge is 0.147 e. The minimum Gasteiger partial charge on any atom is -0.384 e. The molecule has 2 rings (SSSR count). The first kappa shape index (κ1) is 12.2. The molecule has 0 radical (unpaired) electrons.